The lowest BCUT2D eigenvalue weighted by molar-refractivity contribution is 0.340. The Hall–Kier alpha value is -0.440. The predicted molar refractivity (Wildman–Crippen MR) is 71.8 cm³/mol. The molecule has 1 fully saturated rings. The van der Waals surface area contributed by atoms with E-state index >= 15 is 0 Å². The van der Waals surface area contributed by atoms with E-state index in [-0.39, 0.29) is 6.04 Å². The van der Waals surface area contributed by atoms with Crippen LogP contribution in [0.15, 0.2) is 12.1 Å². The molecule has 2 rings (SSSR count). The minimum atomic E-state index is -0.0225. The zero-order valence-electron chi connectivity index (χ0n) is 10.0. The normalized spacial score (nSPS) is 24.5. The number of hydrogen-bond acceptors (Lipinski definition) is 2. The Kier molecular flexibility index (Phi) is 3.86. The Morgan fingerprint density at radius 2 is 2.06 bits per heavy atom. The maximum atomic E-state index is 6.23. The molecule has 1 aliphatic rings. The highest BCUT2D eigenvalue weighted by Crippen LogP contribution is 2.48. The SMILES string of the molecule is CCOc1cc(Cl)c(C(N)C2CC2C)cc1Cl. The van der Waals surface area contributed by atoms with Gasteiger partial charge in [0.05, 0.1) is 11.6 Å². The monoisotopic (exact) mass is 273 g/mol. The Morgan fingerprint density at radius 3 is 2.59 bits per heavy atom. The van der Waals surface area contributed by atoms with Crippen LogP contribution >= 0.6 is 23.2 Å². The number of hydrogen-bond donors (Lipinski definition) is 1. The summed E-state index contributed by atoms with van der Waals surface area (Å²) in [6.45, 7) is 4.69. The van der Waals surface area contributed by atoms with Gasteiger partial charge in [0.2, 0.25) is 0 Å². The van der Waals surface area contributed by atoms with E-state index in [0.29, 0.717) is 34.2 Å². The van der Waals surface area contributed by atoms with Crippen molar-refractivity contribution in [1.29, 1.82) is 0 Å². The van der Waals surface area contributed by atoms with Crippen LogP contribution in [0.1, 0.15) is 31.9 Å². The average molecular weight is 274 g/mol. The van der Waals surface area contributed by atoms with Gasteiger partial charge < -0.3 is 10.5 Å². The fraction of sp³-hybridized carbons (Fsp3) is 0.538. The van der Waals surface area contributed by atoms with Crippen molar-refractivity contribution in [2.75, 3.05) is 6.61 Å². The summed E-state index contributed by atoms with van der Waals surface area (Å²) in [7, 11) is 0. The zero-order chi connectivity index (χ0) is 12.6. The van der Waals surface area contributed by atoms with Crippen LogP contribution in [0.2, 0.25) is 10.0 Å². The van der Waals surface area contributed by atoms with E-state index in [4.69, 9.17) is 33.7 Å². The molecule has 0 heterocycles. The van der Waals surface area contributed by atoms with Crippen molar-refractivity contribution in [1.82, 2.24) is 0 Å². The maximum Gasteiger partial charge on any atom is 0.139 e. The second-order valence-corrected chi connectivity index (χ2v) is 5.45. The molecule has 0 spiro atoms. The van der Waals surface area contributed by atoms with Crippen molar-refractivity contribution in [3.63, 3.8) is 0 Å². The molecule has 0 bridgehead atoms. The molecule has 0 saturated heterocycles. The van der Waals surface area contributed by atoms with Crippen LogP contribution in [-0.4, -0.2) is 6.61 Å². The second-order valence-electron chi connectivity index (χ2n) is 4.64. The summed E-state index contributed by atoms with van der Waals surface area (Å²) in [4.78, 5) is 0. The lowest BCUT2D eigenvalue weighted by atomic mass is 10.0. The smallest absolute Gasteiger partial charge is 0.139 e. The van der Waals surface area contributed by atoms with Crippen molar-refractivity contribution >= 4 is 23.2 Å². The van der Waals surface area contributed by atoms with E-state index in [1.54, 1.807) is 6.07 Å². The van der Waals surface area contributed by atoms with E-state index in [1.165, 1.54) is 6.42 Å². The summed E-state index contributed by atoms with van der Waals surface area (Å²) in [6, 6.07) is 3.57. The van der Waals surface area contributed by atoms with Gasteiger partial charge in [0.1, 0.15) is 5.75 Å². The molecule has 0 aliphatic heterocycles. The third-order valence-corrected chi connectivity index (χ3v) is 3.97. The Bertz CT molecular complexity index is 422. The first-order valence-corrected chi connectivity index (χ1v) is 6.67. The van der Waals surface area contributed by atoms with Crippen molar-refractivity contribution < 1.29 is 4.74 Å². The molecule has 1 aromatic carbocycles. The third kappa shape index (κ3) is 2.70. The van der Waals surface area contributed by atoms with Crippen LogP contribution in [0.4, 0.5) is 0 Å². The standard InChI is InChI=1S/C13H17Cl2NO/c1-3-17-12-6-10(14)9(5-11(12)15)13(16)8-4-7(8)2/h5-8,13H,3-4,16H2,1-2H3. The molecule has 4 heteroatoms. The van der Waals surface area contributed by atoms with E-state index in [1.807, 2.05) is 13.0 Å². The van der Waals surface area contributed by atoms with Gasteiger partial charge in [0.25, 0.3) is 0 Å². The van der Waals surface area contributed by atoms with Crippen molar-refractivity contribution in [2.45, 2.75) is 26.3 Å². The summed E-state index contributed by atoms with van der Waals surface area (Å²) < 4.78 is 5.39. The molecule has 2 N–H and O–H groups in total. The van der Waals surface area contributed by atoms with Crippen LogP contribution in [0.5, 0.6) is 5.75 Å². The van der Waals surface area contributed by atoms with Gasteiger partial charge in [-0.2, -0.15) is 0 Å². The van der Waals surface area contributed by atoms with Gasteiger partial charge in [0.15, 0.2) is 0 Å². The van der Waals surface area contributed by atoms with Crippen LogP contribution in [0, 0.1) is 11.8 Å². The van der Waals surface area contributed by atoms with Gasteiger partial charge in [-0.15, -0.1) is 0 Å². The largest absolute Gasteiger partial charge is 0.492 e. The number of rotatable bonds is 4. The van der Waals surface area contributed by atoms with Crippen LogP contribution in [0.3, 0.4) is 0 Å². The van der Waals surface area contributed by atoms with E-state index < -0.39 is 0 Å². The minimum absolute atomic E-state index is 0.0225. The van der Waals surface area contributed by atoms with Crippen molar-refractivity contribution in [3.8, 4) is 5.75 Å². The third-order valence-electron chi connectivity index (χ3n) is 3.34. The number of nitrogens with two attached hydrogens (primary N) is 1. The summed E-state index contributed by atoms with van der Waals surface area (Å²) >= 11 is 12.4. The van der Waals surface area contributed by atoms with E-state index in [2.05, 4.69) is 6.92 Å². The highest BCUT2D eigenvalue weighted by atomic mass is 35.5. The molecule has 0 amide bonds. The van der Waals surface area contributed by atoms with E-state index in [9.17, 15) is 0 Å². The van der Waals surface area contributed by atoms with Crippen LogP contribution in [0.25, 0.3) is 0 Å². The summed E-state index contributed by atoms with van der Waals surface area (Å²) in [5.74, 6) is 1.84. The molecule has 2 nitrogen and oxygen atoms in total. The molecule has 17 heavy (non-hydrogen) atoms. The summed E-state index contributed by atoms with van der Waals surface area (Å²) in [5.41, 5.74) is 7.13. The fourth-order valence-electron chi connectivity index (χ4n) is 2.15. The minimum Gasteiger partial charge on any atom is -0.492 e. The number of ether oxygens (including phenoxy) is 1. The van der Waals surface area contributed by atoms with Gasteiger partial charge in [-0.1, -0.05) is 30.1 Å². The number of halogens is 2. The van der Waals surface area contributed by atoms with Crippen LogP contribution in [-0.2, 0) is 0 Å². The average Bonchev–Trinajstić information content (AvgIpc) is 3.00. The molecule has 1 aromatic rings. The topological polar surface area (TPSA) is 35.2 Å². The molecular formula is C13H17Cl2NO. The van der Waals surface area contributed by atoms with Gasteiger partial charge in [-0.25, -0.2) is 0 Å². The first-order chi connectivity index (χ1) is 8.04. The molecule has 0 radical (unpaired) electrons. The first-order valence-electron chi connectivity index (χ1n) is 5.92. The van der Waals surface area contributed by atoms with E-state index in [0.717, 1.165) is 5.56 Å². The Balaban J connectivity index is 2.26. The first kappa shape index (κ1) is 13.0. The second kappa shape index (κ2) is 5.05. The summed E-state index contributed by atoms with van der Waals surface area (Å²) in [5, 5.41) is 1.22. The van der Waals surface area contributed by atoms with Crippen molar-refractivity contribution in [3.05, 3.63) is 27.7 Å². The predicted octanol–water partition coefficient (Wildman–Crippen LogP) is 4.05. The molecule has 1 saturated carbocycles. The fourth-order valence-corrected chi connectivity index (χ4v) is 2.65. The Labute approximate surface area is 112 Å². The van der Waals surface area contributed by atoms with Crippen molar-refractivity contribution in [2.24, 2.45) is 17.6 Å². The lowest BCUT2D eigenvalue weighted by Crippen LogP contribution is -2.14. The lowest BCUT2D eigenvalue weighted by Gasteiger charge is -2.15. The number of benzene rings is 1. The van der Waals surface area contributed by atoms with Gasteiger partial charge in [-0.3, -0.25) is 0 Å². The quantitative estimate of drug-likeness (QED) is 0.899. The summed E-state index contributed by atoms with van der Waals surface area (Å²) in [6.07, 6.45) is 1.17. The van der Waals surface area contributed by atoms with Gasteiger partial charge in [0, 0.05) is 17.1 Å². The zero-order valence-corrected chi connectivity index (χ0v) is 11.6. The molecule has 94 valence electrons. The molecule has 3 unspecified atom stereocenters. The van der Waals surface area contributed by atoms with Crippen LogP contribution < -0.4 is 10.5 Å². The maximum absolute atomic E-state index is 6.23. The molecule has 1 aliphatic carbocycles. The molecular weight excluding hydrogens is 257 g/mol. The highest BCUT2D eigenvalue weighted by molar-refractivity contribution is 6.34. The van der Waals surface area contributed by atoms with Gasteiger partial charge >= 0.3 is 0 Å². The Morgan fingerprint density at radius 1 is 1.41 bits per heavy atom. The molecule has 0 aromatic heterocycles. The highest BCUT2D eigenvalue weighted by Gasteiger charge is 2.39. The van der Waals surface area contributed by atoms with Gasteiger partial charge in [-0.05, 0) is 36.8 Å². The molecule has 3 atom stereocenters.